The summed E-state index contributed by atoms with van der Waals surface area (Å²) in [5.74, 6) is 0.310. The SMILES string of the molecule is Cc1ccc(S(=O)(=O)Nc2ccc(C(=O)N3CCCC(C(=O)NCC4CCCCC4)C3)cc2)cc1. The Morgan fingerprint density at radius 3 is 2.29 bits per heavy atom. The van der Waals surface area contributed by atoms with E-state index in [4.69, 9.17) is 0 Å². The second kappa shape index (κ2) is 11.2. The highest BCUT2D eigenvalue weighted by Gasteiger charge is 2.29. The Bertz CT molecular complexity index is 1120. The predicted octanol–water partition coefficient (Wildman–Crippen LogP) is 4.34. The van der Waals surface area contributed by atoms with Gasteiger partial charge in [0.25, 0.3) is 15.9 Å². The number of sulfonamides is 1. The topological polar surface area (TPSA) is 95.6 Å². The molecule has 1 saturated carbocycles. The minimum atomic E-state index is -3.70. The first-order valence-corrected chi connectivity index (χ1v) is 14.1. The van der Waals surface area contributed by atoms with Crippen LogP contribution in [-0.2, 0) is 14.8 Å². The number of nitrogens with one attached hydrogen (secondary N) is 2. The van der Waals surface area contributed by atoms with E-state index in [0.29, 0.717) is 30.3 Å². The molecular weight excluding hydrogens is 462 g/mol. The van der Waals surface area contributed by atoms with E-state index in [1.165, 1.54) is 32.1 Å². The number of carbonyl (C=O) groups is 2. The molecule has 1 heterocycles. The van der Waals surface area contributed by atoms with Gasteiger partial charge in [0, 0.05) is 30.9 Å². The number of amides is 2. The van der Waals surface area contributed by atoms with Gasteiger partial charge in [-0.15, -0.1) is 0 Å². The van der Waals surface area contributed by atoms with Gasteiger partial charge in [-0.2, -0.15) is 0 Å². The molecule has 35 heavy (non-hydrogen) atoms. The van der Waals surface area contributed by atoms with E-state index in [0.717, 1.165) is 24.9 Å². The van der Waals surface area contributed by atoms with Gasteiger partial charge in [-0.1, -0.05) is 37.0 Å². The van der Waals surface area contributed by atoms with Crippen LogP contribution in [0.1, 0.15) is 60.9 Å². The molecule has 1 saturated heterocycles. The van der Waals surface area contributed by atoms with Crippen LogP contribution in [0.5, 0.6) is 0 Å². The lowest BCUT2D eigenvalue weighted by Crippen LogP contribution is -2.46. The van der Waals surface area contributed by atoms with Crippen LogP contribution in [0.3, 0.4) is 0 Å². The Balaban J connectivity index is 1.33. The summed E-state index contributed by atoms with van der Waals surface area (Å²) in [5, 5.41) is 3.12. The Morgan fingerprint density at radius 2 is 1.60 bits per heavy atom. The lowest BCUT2D eigenvalue weighted by atomic mass is 9.89. The number of hydrogen-bond acceptors (Lipinski definition) is 4. The molecule has 188 valence electrons. The van der Waals surface area contributed by atoms with Crippen LogP contribution < -0.4 is 10.0 Å². The summed E-state index contributed by atoms with van der Waals surface area (Å²) in [4.78, 5) is 27.7. The van der Waals surface area contributed by atoms with Crippen LogP contribution in [0.4, 0.5) is 5.69 Å². The van der Waals surface area contributed by atoms with Gasteiger partial charge >= 0.3 is 0 Å². The fourth-order valence-electron chi connectivity index (χ4n) is 4.95. The second-order valence-corrected chi connectivity index (χ2v) is 11.5. The first-order valence-electron chi connectivity index (χ1n) is 12.6. The van der Waals surface area contributed by atoms with Crippen molar-refractivity contribution < 1.29 is 18.0 Å². The number of rotatable bonds is 7. The van der Waals surface area contributed by atoms with Crippen LogP contribution in [0.25, 0.3) is 0 Å². The molecule has 2 N–H and O–H groups in total. The summed E-state index contributed by atoms with van der Waals surface area (Å²) < 4.78 is 27.8. The normalized spacial score (nSPS) is 19.2. The summed E-state index contributed by atoms with van der Waals surface area (Å²) in [6.07, 6.45) is 7.75. The zero-order valence-electron chi connectivity index (χ0n) is 20.3. The highest BCUT2D eigenvalue weighted by Crippen LogP contribution is 2.24. The summed E-state index contributed by atoms with van der Waals surface area (Å²) in [5.41, 5.74) is 1.85. The third-order valence-corrected chi connectivity index (χ3v) is 8.48. The number of hydrogen-bond donors (Lipinski definition) is 2. The van der Waals surface area contributed by atoms with E-state index in [9.17, 15) is 18.0 Å². The van der Waals surface area contributed by atoms with Crippen molar-refractivity contribution in [2.45, 2.75) is 56.8 Å². The molecule has 7 nitrogen and oxygen atoms in total. The number of aryl methyl sites for hydroxylation is 1. The summed E-state index contributed by atoms with van der Waals surface area (Å²) in [6.45, 7) is 3.67. The van der Waals surface area contributed by atoms with Crippen LogP contribution in [-0.4, -0.2) is 44.8 Å². The maximum atomic E-state index is 13.1. The quantitative estimate of drug-likeness (QED) is 0.595. The first-order chi connectivity index (χ1) is 16.8. The van der Waals surface area contributed by atoms with Gasteiger partial charge in [0.1, 0.15) is 0 Å². The number of likely N-dealkylation sites (tertiary alicyclic amines) is 1. The summed E-state index contributed by atoms with van der Waals surface area (Å²) >= 11 is 0. The third kappa shape index (κ3) is 6.63. The van der Waals surface area contributed by atoms with Crippen LogP contribution in [0.2, 0.25) is 0 Å². The van der Waals surface area contributed by atoms with Crippen molar-refractivity contribution in [2.24, 2.45) is 11.8 Å². The molecule has 1 atom stereocenters. The smallest absolute Gasteiger partial charge is 0.261 e. The largest absolute Gasteiger partial charge is 0.356 e. The maximum absolute atomic E-state index is 13.1. The van der Waals surface area contributed by atoms with Crippen molar-refractivity contribution in [1.82, 2.24) is 10.2 Å². The fraction of sp³-hybridized carbons (Fsp3) is 0.481. The van der Waals surface area contributed by atoms with Gasteiger partial charge in [0.15, 0.2) is 0 Å². The number of benzene rings is 2. The standard InChI is InChI=1S/C27H35N3O4S/c1-20-9-15-25(16-10-20)35(33,34)29-24-13-11-22(12-14-24)27(32)30-17-5-8-23(19-30)26(31)28-18-21-6-3-2-4-7-21/h9-16,21,23,29H,2-8,17-19H2,1H3,(H,28,31). The monoisotopic (exact) mass is 497 g/mol. The van der Waals surface area contributed by atoms with Gasteiger partial charge in [-0.3, -0.25) is 14.3 Å². The summed E-state index contributed by atoms with van der Waals surface area (Å²) in [6, 6.07) is 13.1. The molecule has 1 aliphatic heterocycles. The fourth-order valence-corrected chi connectivity index (χ4v) is 6.01. The van der Waals surface area contributed by atoms with E-state index in [1.54, 1.807) is 53.4 Å². The van der Waals surface area contributed by atoms with Crippen LogP contribution in [0.15, 0.2) is 53.4 Å². The second-order valence-electron chi connectivity index (χ2n) is 9.84. The van der Waals surface area contributed by atoms with Gasteiger partial charge in [-0.25, -0.2) is 8.42 Å². The van der Waals surface area contributed by atoms with Crippen LogP contribution in [0, 0.1) is 18.8 Å². The number of carbonyl (C=O) groups excluding carboxylic acids is 2. The average molecular weight is 498 g/mol. The number of nitrogens with zero attached hydrogens (tertiary/aromatic N) is 1. The van der Waals surface area contributed by atoms with Crippen molar-refractivity contribution in [3.8, 4) is 0 Å². The highest BCUT2D eigenvalue weighted by molar-refractivity contribution is 7.92. The zero-order chi connectivity index (χ0) is 24.8. The molecule has 2 aromatic carbocycles. The van der Waals surface area contributed by atoms with Crippen molar-refractivity contribution in [3.63, 3.8) is 0 Å². The van der Waals surface area contributed by atoms with Crippen molar-refractivity contribution >= 4 is 27.5 Å². The summed E-state index contributed by atoms with van der Waals surface area (Å²) in [7, 11) is -3.70. The molecule has 8 heteroatoms. The minimum absolute atomic E-state index is 0.0499. The van der Waals surface area contributed by atoms with E-state index in [1.807, 2.05) is 6.92 Å². The van der Waals surface area contributed by atoms with E-state index in [2.05, 4.69) is 10.0 Å². The Labute approximate surface area is 208 Å². The highest BCUT2D eigenvalue weighted by atomic mass is 32.2. The first kappa shape index (κ1) is 25.2. The maximum Gasteiger partial charge on any atom is 0.261 e. The molecule has 2 aromatic rings. The molecule has 0 aromatic heterocycles. The molecule has 1 aliphatic carbocycles. The van der Waals surface area contributed by atoms with Gasteiger partial charge < -0.3 is 10.2 Å². The lowest BCUT2D eigenvalue weighted by Gasteiger charge is -2.32. The van der Waals surface area contributed by atoms with Gasteiger partial charge in [0.2, 0.25) is 5.91 Å². The van der Waals surface area contributed by atoms with Crippen LogP contribution >= 0.6 is 0 Å². The van der Waals surface area contributed by atoms with Crippen molar-refractivity contribution in [1.29, 1.82) is 0 Å². The molecule has 1 unspecified atom stereocenters. The van der Waals surface area contributed by atoms with Gasteiger partial charge in [0.05, 0.1) is 10.8 Å². The lowest BCUT2D eigenvalue weighted by molar-refractivity contribution is -0.126. The number of anilines is 1. The van der Waals surface area contributed by atoms with E-state index in [-0.39, 0.29) is 22.6 Å². The molecule has 2 amide bonds. The zero-order valence-corrected chi connectivity index (χ0v) is 21.1. The average Bonchev–Trinajstić information content (AvgIpc) is 2.88. The molecule has 0 spiro atoms. The Hall–Kier alpha value is -2.87. The van der Waals surface area contributed by atoms with Crippen molar-refractivity contribution in [3.05, 3.63) is 59.7 Å². The van der Waals surface area contributed by atoms with Crippen molar-refractivity contribution in [2.75, 3.05) is 24.4 Å². The minimum Gasteiger partial charge on any atom is -0.356 e. The molecule has 0 bridgehead atoms. The molecule has 2 fully saturated rings. The third-order valence-electron chi connectivity index (χ3n) is 7.08. The Morgan fingerprint density at radius 1 is 0.914 bits per heavy atom. The van der Waals surface area contributed by atoms with Gasteiger partial charge in [-0.05, 0) is 74.9 Å². The van der Waals surface area contributed by atoms with E-state index < -0.39 is 10.0 Å². The number of piperidine rings is 1. The molecule has 2 aliphatic rings. The molecule has 4 rings (SSSR count). The molecule has 0 radical (unpaired) electrons. The predicted molar refractivity (Wildman–Crippen MR) is 137 cm³/mol. The Kier molecular flexibility index (Phi) is 8.11. The van der Waals surface area contributed by atoms with E-state index >= 15 is 0 Å². The molecular formula is C27H35N3O4S.